The quantitative estimate of drug-likeness (QED) is 0.643. The molecule has 0 saturated carbocycles. The number of rotatable bonds is 6. The van der Waals surface area contributed by atoms with Gasteiger partial charge in [-0.2, -0.15) is 0 Å². The zero-order valence-electron chi connectivity index (χ0n) is 15.7. The van der Waals surface area contributed by atoms with E-state index in [4.69, 9.17) is 4.42 Å². The minimum Gasteiger partial charge on any atom is -0.503 e. The zero-order chi connectivity index (χ0) is 21.3. The summed E-state index contributed by atoms with van der Waals surface area (Å²) >= 11 is 0. The van der Waals surface area contributed by atoms with Crippen LogP contribution in [0.2, 0.25) is 0 Å². The summed E-state index contributed by atoms with van der Waals surface area (Å²) in [5.74, 6) is -3.75. The van der Waals surface area contributed by atoms with Gasteiger partial charge in [-0.3, -0.25) is 14.5 Å². The van der Waals surface area contributed by atoms with E-state index in [0.29, 0.717) is 6.42 Å². The monoisotopic (exact) mass is 409 g/mol. The largest absolute Gasteiger partial charge is 0.503 e. The fraction of sp³-hybridized carbons (Fsp3) is 0.130. The number of aliphatic hydroxyl groups is 1. The molecule has 5 nitrogen and oxygen atoms in total. The minimum atomic E-state index is -1.20. The standard InChI is InChI=1S/C23H17F2NO4/c24-15-9-10-16(25)17(13-15)26-21(19-7-4-12-30-19)20(22(28)23(26)29)18(27)11-8-14-5-2-1-3-6-14/h1-7,9-10,12-13,21,28H,8,11H2. The fourth-order valence-corrected chi connectivity index (χ4v) is 3.56. The number of anilines is 1. The summed E-state index contributed by atoms with van der Waals surface area (Å²) in [6.07, 6.45) is 1.75. The number of hydrogen-bond acceptors (Lipinski definition) is 4. The third kappa shape index (κ3) is 3.50. The maximum absolute atomic E-state index is 14.5. The number of amides is 1. The number of aryl methyl sites for hydroxylation is 1. The molecule has 30 heavy (non-hydrogen) atoms. The Morgan fingerprint density at radius 3 is 2.53 bits per heavy atom. The molecular formula is C23H17F2NO4. The van der Waals surface area contributed by atoms with E-state index in [0.717, 1.165) is 28.7 Å². The van der Waals surface area contributed by atoms with Crippen molar-refractivity contribution in [3.8, 4) is 0 Å². The summed E-state index contributed by atoms with van der Waals surface area (Å²) in [4.78, 5) is 26.7. The molecule has 0 radical (unpaired) electrons. The first kappa shape index (κ1) is 19.6. The lowest BCUT2D eigenvalue weighted by atomic mass is 9.96. The van der Waals surface area contributed by atoms with Crippen LogP contribution in [0.1, 0.15) is 23.8 Å². The minimum absolute atomic E-state index is 0.0212. The molecule has 3 aromatic rings. The summed E-state index contributed by atoms with van der Waals surface area (Å²) < 4.78 is 33.6. The Balaban J connectivity index is 1.72. The predicted molar refractivity (Wildman–Crippen MR) is 105 cm³/mol. The molecule has 1 atom stereocenters. The summed E-state index contributed by atoms with van der Waals surface area (Å²) in [7, 11) is 0. The van der Waals surface area contributed by atoms with Gasteiger partial charge in [0.1, 0.15) is 23.4 Å². The highest BCUT2D eigenvalue weighted by Gasteiger charge is 2.46. The van der Waals surface area contributed by atoms with E-state index >= 15 is 0 Å². The Hall–Kier alpha value is -3.74. The maximum atomic E-state index is 14.5. The molecule has 1 aliphatic rings. The lowest BCUT2D eigenvalue weighted by Gasteiger charge is -2.25. The van der Waals surface area contributed by atoms with Crippen molar-refractivity contribution in [1.82, 2.24) is 0 Å². The molecule has 1 amide bonds. The van der Waals surface area contributed by atoms with Crippen LogP contribution in [0.5, 0.6) is 0 Å². The Morgan fingerprint density at radius 1 is 1.07 bits per heavy atom. The number of furan rings is 1. The van der Waals surface area contributed by atoms with Gasteiger partial charge < -0.3 is 9.52 Å². The van der Waals surface area contributed by atoms with E-state index in [1.165, 1.54) is 12.3 Å². The highest BCUT2D eigenvalue weighted by Crippen LogP contribution is 2.42. The van der Waals surface area contributed by atoms with Crippen LogP contribution < -0.4 is 4.90 Å². The Labute approximate surface area is 170 Å². The average molecular weight is 409 g/mol. The Kier molecular flexibility index (Phi) is 5.18. The SMILES string of the molecule is O=C(CCc1ccccc1)C1=C(O)C(=O)N(c2cc(F)ccc2F)C1c1ccco1. The smallest absolute Gasteiger partial charge is 0.294 e. The van der Waals surface area contributed by atoms with Crippen molar-refractivity contribution in [2.75, 3.05) is 4.90 Å². The van der Waals surface area contributed by atoms with Crippen LogP contribution in [-0.4, -0.2) is 16.8 Å². The molecule has 2 aromatic carbocycles. The van der Waals surface area contributed by atoms with Crippen LogP contribution in [0, 0.1) is 11.6 Å². The van der Waals surface area contributed by atoms with Crippen LogP contribution in [0.3, 0.4) is 0 Å². The normalized spacial score (nSPS) is 16.4. The molecule has 1 aromatic heterocycles. The second kappa shape index (κ2) is 7.94. The van der Waals surface area contributed by atoms with Crippen molar-refractivity contribution in [1.29, 1.82) is 0 Å². The van der Waals surface area contributed by atoms with Gasteiger partial charge in [0.15, 0.2) is 11.5 Å². The first-order valence-corrected chi connectivity index (χ1v) is 9.29. The Bertz CT molecular complexity index is 1120. The van der Waals surface area contributed by atoms with Crippen LogP contribution in [0.15, 0.2) is 82.7 Å². The molecule has 152 valence electrons. The maximum Gasteiger partial charge on any atom is 0.294 e. The van der Waals surface area contributed by atoms with Crippen LogP contribution in [0.25, 0.3) is 0 Å². The summed E-state index contributed by atoms with van der Waals surface area (Å²) in [5.41, 5.74) is 0.325. The molecule has 7 heteroatoms. The van der Waals surface area contributed by atoms with Gasteiger partial charge in [0.05, 0.1) is 17.5 Å². The second-order valence-electron chi connectivity index (χ2n) is 6.86. The summed E-state index contributed by atoms with van der Waals surface area (Å²) in [6, 6.07) is 13.7. The van der Waals surface area contributed by atoms with Gasteiger partial charge in [0.2, 0.25) is 0 Å². The van der Waals surface area contributed by atoms with Crippen molar-refractivity contribution in [2.45, 2.75) is 18.9 Å². The topological polar surface area (TPSA) is 70.8 Å². The van der Waals surface area contributed by atoms with Crippen molar-refractivity contribution in [3.05, 3.63) is 101 Å². The molecular weight excluding hydrogens is 392 g/mol. The van der Waals surface area contributed by atoms with Gasteiger partial charge in [0.25, 0.3) is 5.91 Å². The van der Waals surface area contributed by atoms with Gasteiger partial charge >= 0.3 is 0 Å². The van der Waals surface area contributed by atoms with E-state index in [1.54, 1.807) is 6.07 Å². The lowest BCUT2D eigenvalue weighted by Crippen LogP contribution is -2.31. The zero-order valence-corrected chi connectivity index (χ0v) is 15.7. The van der Waals surface area contributed by atoms with Crippen LogP contribution in [-0.2, 0) is 16.0 Å². The third-order valence-corrected chi connectivity index (χ3v) is 4.97. The molecule has 1 N–H and O–H groups in total. The van der Waals surface area contributed by atoms with Crippen molar-refractivity contribution >= 4 is 17.4 Å². The van der Waals surface area contributed by atoms with Gasteiger partial charge in [-0.05, 0) is 36.2 Å². The van der Waals surface area contributed by atoms with Crippen LogP contribution >= 0.6 is 0 Å². The Morgan fingerprint density at radius 2 is 1.83 bits per heavy atom. The average Bonchev–Trinajstić information content (AvgIpc) is 3.36. The number of benzene rings is 2. The molecule has 0 saturated heterocycles. The van der Waals surface area contributed by atoms with E-state index in [9.17, 15) is 23.5 Å². The number of ketones is 1. The first-order valence-electron chi connectivity index (χ1n) is 9.29. The number of nitrogens with zero attached hydrogens (tertiary/aromatic N) is 1. The third-order valence-electron chi connectivity index (χ3n) is 4.97. The van der Waals surface area contributed by atoms with Gasteiger partial charge in [-0.25, -0.2) is 8.78 Å². The molecule has 0 bridgehead atoms. The molecule has 1 unspecified atom stereocenters. The highest BCUT2D eigenvalue weighted by molar-refractivity contribution is 6.16. The number of aliphatic hydroxyl groups excluding tert-OH is 1. The molecule has 0 aliphatic carbocycles. The fourth-order valence-electron chi connectivity index (χ4n) is 3.56. The van der Waals surface area contributed by atoms with E-state index < -0.39 is 35.1 Å². The van der Waals surface area contributed by atoms with E-state index in [2.05, 4.69) is 0 Å². The molecule has 4 rings (SSSR count). The summed E-state index contributed by atoms with van der Waals surface area (Å²) in [5, 5.41) is 10.5. The van der Waals surface area contributed by atoms with Gasteiger partial charge in [-0.15, -0.1) is 0 Å². The number of halogens is 2. The number of carbonyl (C=O) groups excluding carboxylic acids is 2. The van der Waals surface area contributed by atoms with E-state index in [-0.39, 0.29) is 23.4 Å². The molecule has 0 spiro atoms. The predicted octanol–water partition coefficient (Wildman–Crippen LogP) is 4.66. The van der Waals surface area contributed by atoms with Crippen molar-refractivity contribution in [3.63, 3.8) is 0 Å². The van der Waals surface area contributed by atoms with Crippen LogP contribution in [0.4, 0.5) is 14.5 Å². The lowest BCUT2D eigenvalue weighted by molar-refractivity contribution is -0.118. The number of Topliss-reactive ketones (excluding diaryl/α,β-unsaturated/α-hetero) is 1. The first-order chi connectivity index (χ1) is 14.5. The number of carbonyl (C=O) groups is 2. The second-order valence-corrected chi connectivity index (χ2v) is 6.86. The highest BCUT2D eigenvalue weighted by atomic mass is 19.1. The molecule has 1 aliphatic heterocycles. The number of hydrogen-bond donors (Lipinski definition) is 1. The van der Waals surface area contributed by atoms with Gasteiger partial charge in [-0.1, -0.05) is 30.3 Å². The van der Waals surface area contributed by atoms with Crippen molar-refractivity contribution < 1.29 is 27.9 Å². The molecule has 0 fully saturated rings. The van der Waals surface area contributed by atoms with Gasteiger partial charge in [0, 0.05) is 12.5 Å². The summed E-state index contributed by atoms with van der Waals surface area (Å²) in [6.45, 7) is 0. The molecule has 2 heterocycles. The van der Waals surface area contributed by atoms with E-state index in [1.807, 2.05) is 30.3 Å². The van der Waals surface area contributed by atoms with Crippen molar-refractivity contribution in [2.24, 2.45) is 0 Å².